The first-order valence-corrected chi connectivity index (χ1v) is 7.60. The van der Waals surface area contributed by atoms with Crippen molar-refractivity contribution >= 4 is 5.69 Å². The molecule has 0 bridgehead atoms. The van der Waals surface area contributed by atoms with Gasteiger partial charge in [0.1, 0.15) is 11.5 Å². The molecule has 0 aliphatic carbocycles. The number of fused-ring (bicyclic) bond motifs is 1. The van der Waals surface area contributed by atoms with Crippen LogP contribution in [-0.2, 0) is 0 Å². The normalized spacial score (nSPS) is 24.4. The van der Waals surface area contributed by atoms with Crippen molar-refractivity contribution in [2.24, 2.45) is 0 Å². The van der Waals surface area contributed by atoms with Crippen LogP contribution >= 0.6 is 0 Å². The molecule has 4 heteroatoms. The molecule has 0 aromatic heterocycles. The summed E-state index contributed by atoms with van der Waals surface area (Å²) in [5.74, 6) is -0.827. The number of nitrogens with zero attached hydrogens (tertiary/aromatic N) is 2. The van der Waals surface area contributed by atoms with Crippen LogP contribution in [0.1, 0.15) is 31.2 Å². The summed E-state index contributed by atoms with van der Waals surface area (Å²) in [6.07, 6.45) is 4.60. The van der Waals surface area contributed by atoms with Crippen molar-refractivity contribution in [1.82, 2.24) is 4.90 Å². The fraction of sp³-hybridized carbons (Fsp3) is 0.625. The summed E-state index contributed by atoms with van der Waals surface area (Å²) in [6.45, 7) is 5.37. The van der Waals surface area contributed by atoms with Gasteiger partial charge in [0.2, 0.25) is 0 Å². The van der Waals surface area contributed by atoms with Crippen LogP contribution in [0.4, 0.5) is 14.5 Å². The van der Waals surface area contributed by atoms with Crippen LogP contribution in [0.2, 0.25) is 0 Å². The molecular formula is C16H22F2N2. The molecule has 110 valence electrons. The van der Waals surface area contributed by atoms with Crippen LogP contribution in [0, 0.1) is 18.6 Å². The number of piperidine rings is 1. The van der Waals surface area contributed by atoms with Crippen LogP contribution in [0.3, 0.4) is 0 Å². The van der Waals surface area contributed by atoms with Gasteiger partial charge in [0.25, 0.3) is 0 Å². The first-order valence-electron chi connectivity index (χ1n) is 7.60. The minimum Gasteiger partial charge on any atom is -0.365 e. The molecule has 1 atom stereocenters. The van der Waals surface area contributed by atoms with Crippen molar-refractivity contribution in [3.8, 4) is 0 Å². The van der Waals surface area contributed by atoms with E-state index < -0.39 is 11.6 Å². The lowest BCUT2D eigenvalue weighted by Crippen LogP contribution is -2.44. The molecule has 2 fully saturated rings. The van der Waals surface area contributed by atoms with Gasteiger partial charge >= 0.3 is 0 Å². The number of hydrogen-bond acceptors (Lipinski definition) is 2. The van der Waals surface area contributed by atoms with Crippen LogP contribution in [-0.4, -0.2) is 37.1 Å². The van der Waals surface area contributed by atoms with Gasteiger partial charge < -0.3 is 4.90 Å². The van der Waals surface area contributed by atoms with Gasteiger partial charge in [0.05, 0.1) is 0 Å². The standard InChI is InChI=1S/C16H22F2N2/c1-12-6-7-14(17)16(15(12)18)20-10-4-9-19-8-3-2-5-13(19)11-20/h6-7,13H,2-5,8-11H2,1H3. The molecule has 2 aliphatic heterocycles. The molecule has 1 unspecified atom stereocenters. The van der Waals surface area contributed by atoms with Gasteiger partial charge in [0, 0.05) is 25.7 Å². The van der Waals surface area contributed by atoms with Crippen molar-refractivity contribution < 1.29 is 8.78 Å². The summed E-state index contributed by atoms with van der Waals surface area (Å²) in [5.41, 5.74) is 0.698. The third kappa shape index (κ3) is 2.53. The van der Waals surface area contributed by atoms with Crippen molar-refractivity contribution in [3.05, 3.63) is 29.3 Å². The molecule has 0 amide bonds. The lowest BCUT2D eigenvalue weighted by atomic mass is 10.0. The molecule has 1 aromatic rings. The molecule has 2 saturated heterocycles. The lowest BCUT2D eigenvalue weighted by molar-refractivity contribution is 0.162. The summed E-state index contributed by atoms with van der Waals surface area (Å²) in [6, 6.07) is 3.35. The van der Waals surface area contributed by atoms with Gasteiger partial charge in [-0.05, 0) is 44.4 Å². The fourth-order valence-corrected chi connectivity index (χ4v) is 3.51. The van der Waals surface area contributed by atoms with E-state index in [-0.39, 0.29) is 5.69 Å². The minimum atomic E-state index is -0.433. The third-order valence-corrected chi connectivity index (χ3v) is 4.63. The lowest BCUT2D eigenvalue weighted by Gasteiger charge is -2.36. The van der Waals surface area contributed by atoms with Crippen LogP contribution in [0.5, 0.6) is 0 Å². The maximum absolute atomic E-state index is 14.3. The fourth-order valence-electron chi connectivity index (χ4n) is 3.51. The van der Waals surface area contributed by atoms with Gasteiger partial charge in [-0.1, -0.05) is 12.5 Å². The zero-order valence-electron chi connectivity index (χ0n) is 12.0. The Balaban J connectivity index is 1.88. The Morgan fingerprint density at radius 3 is 2.70 bits per heavy atom. The second kappa shape index (κ2) is 5.68. The number of aryl methyl sites for hydroxylation is 1. The first-order chi connectivity index (χ1) is 9.66. The number of rotatable bonds is 1. The SMILES string of the molecule is Cc1ccc(F)c(N2CCCN3CCCCC3C2)c1F. The Labute approximate surface area is 119 Å². The van der Waals surface area contributed by atoms with Crippen LogP contribution < -0.4 is 4.90 Å². The van der Waals surface area contributed by atoms with Crippen LogP contribution in [0.25, 0.3) is 0 Å². The van der Waals surface area contributed by atoms with Gasteiger partial charge in [-0.2, -0.15) is 0 Å². The van der Waals surface area contributed by atoms with E-state index in [1.54, 1.807) is 6.92 Å². The first kappa shape index (κ1) is 13.8. The number of hydrogen-bond donors (Lipinski definition) is 0. The zero-order chi connectivity index (χ0) is 14.1. The summed E-state index contributed by atoms with van der Waals surface area (Å²) in [7, 11) is 0. The van der Waals surface area contributed by atoms with E-state index in [4.69, 9.17) is 0 Å². The highest BCUT2D eigenvalue weighted by Crippen LogP contribution is 2.29. The number of halogens is 2. The minimum absolute atomic E-state index is 0.178. The molecule has 3 rings (SSSR count). The Bertz CT molecular complexity index is 490. The summed E-state index contributed by atoms with van der Waals surface area (Å²) in [4.78, 5) is 4.42. The van der Waals surface area contributed by atoms with E-state index in [0.29, 0.717) is 11.6 Å². The molecule has 1 aromatic carbocycles. The summed E-state index contributed by atoms with van der Waals surface area (Å²) >= 11 is 0. The highest BCUT2D eigenvalue weighted by molar-refractivity contribution is 5.52. The smallest absolute Gasteiger partial charge is 0.152 e. The molecule has 20 heavy (non-hydrogen) atoms. The Morgan fingerprint density at radius 2 is 1.85 bits per heavy atom. The second-order valence-corrected chi connectivity index (χ2v) is 6.01. The quantitative estimate of drug-likeness (QED) is 0.778. The second-order valence-electron chi connectivity index (χ2n) is 6.01. The topological polar surface area (TPSA) is 6.48 Å². The Hall–Kier alpha value is -1.16. The predicted octanol–water partition coefficient (Wildman–Crippen LogP) is 3.34. The van der Waals surface area contributed by atoms with E-state index in [1.165, 1.54) is 25.0 Å². The molecule has 0 spiro atoms. The predicted molar refractivity (Wildman–Crippen MR) is 77.1 cm³/mol. The van der Waals surface area contributed by atoms with E-state index >= 15 is 0 Å². The van der Waals surface area contributed by atoms with Crippen molar-refractivity contribution in [2.75, 3.05) is 31.1 Å². The van der Waals surface area contributed by atoms with Gasteiger partial charge in [0.15, 0.2) is 5.82 Å². The molecule has 0 radical (unpaired) electrons. The molecule has 2 nitrogen and oxygen atoms in total. The molecule has 2 heterocycles. The van der Waals surface area contributed by atoms with Gasteiger partial charge in [-0.15, -0.1) is 0 Å². The highest BCUT2D eigenvalue weighted by Gasteiger charge is 2.29. The van der Waals surface area contributed by atoms with E-state index in [9.17, 15) is 8.78 Å². The van der Waals surface area contributed by atoms with E-state index in [0.717, 1.165) is 39.0 Å². The molecule has 2 aliphatic rings. The number of benzene rings is 1. The average molecular weight is 280 g/mol. The largest absolute Gasteiger partial charge is 0.365 e. The van der Waals surface area contributed by atoms with E-state index in [1.807, 2.05) is 4.90 Å². The maximum atomic E-state index is 14.3. The number of anilines is 1. The Morgan fingerprint density at radius 1 is 1.05 bits per heavy atom. The molecular weight excluding hydrogens is 258 g/mol. The zero-order valence-corrected chi connectivity index (χ0v) is 12.0. The average Bonchev–Trinajstić information content (AvgIpc) is 2.65. The third-order valence-electron chi connectivity index (χ3n) is 4.63. The summed E-state index contributed by atoms with van der Waals surface area (Å²) in [5, 5.41) is 0. The summed E-state index contributed by atoms with van der Waals surface area (Å²) < 4.78 is 28.4. The molecule has 0 N–H and O–H groups in total. The Kier molecular flexibility index (Phi) is 3.92. The molecule has 0 saturated carbocycles. The van der Waals surface area contributed by atoms with Gasteiger partial charge in [-0.25, -0.2) is 8.78 Å². The van der Waals surface area contributed by atoms with E-state index in [2.05, 4.69) is 4.90 Å². The van der Waals surface area contributed by atoms with Crippen molar-refractivity contribution in [1.29, 1.82) is 0 Å². The van der Waals surface area contributed by atoms with Crippen molar-refractivity contribution in [2.45, 2.75) is 38.6 Å². The van der Waals surface area contributed by atoms with Crippen molar-refractivity contribution in [3.63, 3.8) is 0 Å². The van der Waals surface area contributed by atoms with Crippen LogP contribution in [0.15, 0.2) is 12.1 Å². The maximum Gasteiger partial charge on any atom is 0.152 e. The monoisotopic (exact) mass is 280 g/mol. The highest BCUT2D eigenvalue weighted by atomic mass is 19.1. The van der Waals surface area contributed by atoms with Gasteiger partial charge in [-0.3, -0.25) is 4.90 Å².